The molecule has 0 radical (unpaired) electrons. The monoisotopic (exact) mass is 469 g/mol. The molecule has 1 heterocycles. The molecule has 33 heavy (non-hydrogen) atoms. The first-order valence-electron chi connectivity index (χ1n) is 11.3. The van der Waals surface area contributed by atoms with Crippen molar-refractivity contribution < 1.29 is 19.1 Å². The van der Waals surface area contributed by atoms with E-state index in [9.17, 15) is 9.59 Å². The highest BCUT2D eigenvalue weighted by molar-refractivity contribution is 7.80. The van der Waals surface area contributed by atoms with Gasteiger partial charge in [0.2, 0.25) is 0 Å². The Morgan fingerprint density at radius 3 is 2.58 bits per heavy atom. The Bertz CT molecular complexity index is 956. The molecule has 3 rings (SSSR count). The zero-order valence-corrected chi connectivity index (χ0v) is 19.9. The molecule has 7 nitrogen and oxygen atoms in total. The molecule has 3 N–H and O–H groups in total. The van der Waals surface area contributed by atoms with Gasteiger partial charge in [-0.15, -0.1) is 0 Å². The van der Waals surface area contributed by atoms with Gasteiger partial charge in [-0.2, -0.15) is 0 Å². The van der Waals surface area contributed by atoms with Crippen molar-refractivity contribution in [2.24, 2.45) is 5.92 Å². The van der Waals surface area contributed by atoms with Gasteiger partial charge < -0.3 is 20.1 Å². The van der Waals surface area contributed by atoms with Crippen molar-refractivity contribution in [2.45, 2.75) is 39.2 Å². The second-order valence-electron chi connectivity index (χ2n) is 8.35. The molecule has 0 aliphatic carbocycles. The van der Waals surface area contributed by atoms with Crippen LogP contribution in [0, 0.1) is 5.92 Å². The number of rotatable bonds is 9. The summed E-state index contributed by atoms with van der Waals surface area (Å²) >= 11 is 5.30. The van der Waals surface area contributed by atoms with E-state index >= 15 is 0 Å². The molecule has 1 aliphatic heterocycles. The first-order valence-corrected chi connectivity index (χ1v) is 11.7. The van der Waals surface area contributed by atoms with Gasteiger partial charge in [0.05, 0.1) is 24.0 Å². The minimum atomic E-state index is -0.346. The van der Waals surface area contributed by atoms with E-state index in [1.54, 1.807) is 48.5 Å². The molecule has 1 aliphatic rings. The van der Waals surface area contributed by atoms with Crippen molar-refractivity contribution in [2.75, 3.05) is 25.1 Å². The van der Waals surface area contributed by atoms with Crippen LogP contribution in [-0.4, -0.2) is 42.8 Å². The fourth-order valence-electron chi connectivity index (χ4n) is 3.34. The molecule has 176 valence electrons. The van der Waals surface area contributed by atoms with Crippen LogP contribution in [0.1, 0.15) is 53.8 Å². The molecule has 1 atom stereocenters. The number of benzene rings is 2. The number of hydrogen-bond donors (Lipinski definition) is 3. The van der Waals surface area contributed by atoms with E-state index in [4.69, 9.17) is 21.7 Å². The number of anilines is 1. The van der Waals surface area contributed by atoms with Crippen molar-refractivity contribution in [3.05, 3.63) is 59.7 Å². The molecule has 2 aromatic carbocycles. The van der Waals surface area contributed by atoms with Gasteiger partial charge in [0.25, 0.3) is 11.8 Å². The molecule has 0 aromatic heterocycles. The number of thiocarbonyl (C=S) groups is 1. The standard InChI is InChI=1S/C25H31N3O4S/c1-17(2)13-15-32-19-11-9-18(10-12-19)23(29)28-25(33)27-22-8-4-3-7-21(22)24(30)26-16-20-6-5-14-31-20/h3-4,7-12,17,20H,5-6,13-16H2,1-2H3,(H,26,30)(H2,27,28,29,33). The van der Waals surface area contributed by atoms with E-state index in [-0.39, 0.29) is 23.0 Å². The molecule has 1 fully saturated rings. The third-order valence-electron chi connectivity index (χ3n) is 5.24. The number of amides is 2. The second kappa shape index (κ2) is 12.3. The van der Waals surface area contributed by atoms with Crippen molar-refractivity contribution in [3.8, 4) is 5.75 Å². The average molecular weight is 470 g/mol. The number of para-hydroxylation sites is 1. The van der Waals surface area contributed by atoms with Gasteiger partial charge in [0.1, 0.15) is 5.75 Å². The van der Waals surface area contributed by atoms with Crippen LogP contribution in [0.3, 0.4) is 0 Å². The molecular formula is C25H31N3O4S. The lowest BCUT2D eigenvalue weighted by molar-refractivity contribution is 0.0858. The Hall–Kier alpha value is -2.97. The third-order valence-corrected chi connectivity index (χ3v) is 5.45. The molecule has 2 amide bonds. The minimum absolute atomic E-state index is 0.0569. The zero-order chi connectivity index (χ0) is 23.6. The first kappa shape index (κ1) is 24.7. The maximum atomic E-state index is 12.6. The van der Waals surface area contributed by atoms with Crippen LogP contribution in [-0.2, 0) is 4.74 Å². The van der Waals surface area contributed by atoms with E-state index in [0.717, 1.165) is 31.6 Å². The van der Waals surface area contributed by atoms with Crippen LogP contribution in [0.5, 0.6) is 5.75 Å². The topological polar surface area (TPSA) is 88.7 Å². The summed E-state index contributed by atoms with van der Waals surface area (Å²) < 4.78 is 11.2. The number of nitrogens with one attached hydrogen (secondary N) is 3. The third kappa shape index (κ3) is 7.83. The van der Waals surface area contributed by atoms with E-state index in [0.29, 0.717) is 35.9 Å². The number of hydrogen-bond acceptors (Lipinski definition) is 5. The van der Waals surface area contributed by atoms with Crippen LogP contribution >= 0.6 is 12.2 Å². The van der Waals surface area contributed by atoms with Gasteiger partial charge in [-0.1, -0.05) is 26.0 Å². The zero-order valence-electron chi connectivity index (χ0n) is 19.1. The maximum Gasteiger partial charge on any atom is 0.257 e. The highest BCUT2D eigenvalue weighted by atomic mass is 32.1. The Morgan fingerprint density at radius 1 is 1.12 bits per heavy atom. The average Bonchev–Trinajstić information content (AvgIpc) is 3.31. The normalized spacial score (nSPS) is 15.2. The largest absolute Gasteiger partial charge is 0.494 e. The first-order chi connectivity index (χ1) is 15.9. The van der Waals surface area contributed by atoms with Crippen LogP contribution in [0.2, 0.25) is 0 Å². The molecular weight excluding hydrogens is 438 g/mol. The summed E-state index contributed by atoms with van der Waals surface area (Å²) in [7, 11) is 0. The molecule has 1 unspecified atom stereocenters. The summed E-state index contributed by atoms with van der Waals surface area (Å²) in [6.07, 6.45) is 2.99. The Morgan fingerprint density at radius 2 is 1.88 bits per heavy atom. The van der Waals surface area contributed by atoms with Gasteiger partial charge in [-0.05, 0) is 73.8 Å². The summed E-state index contributed by atoms with van der Waals surface area (Å²) in [5.41, 5.74) is 1.41. The lowest BCUT2D eigenvalue weighted by Crippen LogP contribution is -2.35. The fourth-order valence-corrected chi connectivity index (χ4v) is 3.54. The van der Waals surface area contributed by atoms with Crippen LogP contribution in [0.25, 0.3) is 0 Å². The SMILES string of the molecule is CC(C)CCOc1ccc(C(=O)NC(=S)Nc2ccccc2C(=O)NCC2CCCO2)cc1. The summed E-state index contributed by atoms with van der Waals surface area (Å²) in [4.78, 5) is 25.2. The van der Waals surface area contributed by atoms with E-state index in [2.05, 4.69) is 29.8 Å². The van der Waals surface area contributed by atoms with Crippen LogP contribution in [0.4, 0.5) is 5.69 Å². The smallest absolute Gasteiger partial charge is 0.257 e. The predicted octanol–water partition coefficient (Wildman–Crippen LogP) is 4.15. The summed E-state index contributed by atoms with van der Waals surface area (Å²) in [5.74, 6) is 0.717. The lowest BCUT2D eigenvalue weighted by Gasteiger charge is -2.15. The second-order valence-corrected chi connectivity index (χ2v) is 8.76. The fraction of sp³-hybridized carbons (Fsp3) is 0.400. The van der Waals surface area contributed by atoms with Crippen LogP contribution < -0.4 is 20.7 Å². The van der Waals surface area contributed by atoms with Gasteiger partial charge in [-0.3, -0.25) is 14.9 Å². The Balaban J connectivity index is 1.52. The molecule has 0 saturated carbocycles. The number of carbonyl (C=O) groups is 2. The molecule has 0 spiro atoms. The van der Waals surface area contributed by atoms with Gasteiger partial charge >= 0.3 is 0 Å². The van der Waals surface area contributed by atoms with Crippen molar-refractivity contribution >= 4 is 34.8 Å². The van der Waals surface area contributed by atoms with Gasteiger partial charge in [0.15, 0.2) is 5.11 Å². The van der Waals surface area contributed by atoms with E-state index in [1.807, 2.05) is 0 Å². The van der Waals surface area contributed by atoms with Crippen molar-refractivity contribution in [1.82, 2.24) is 10.6 Å². The maximum absolute atomic E-state index is 12.6. The Kier molecular flexibility index (Phi) is 9.21. The van der Waals surface area contributed by atoms with Crippen molar-refractivity contribution in [3.63, 3.8) is 0 Å². The van der Waals surface area contributed by atoms with Crippen molar-refractivity contribution in [1.29, 1.82) is 0 Å². The van der Waals surface area contributed by atoms with E-state index < -0.39 is 0 Å². The molecule has 8 heteroatoms. The van der Waals surface area contributed by atoms with Gasteiger partial charge in [0, 0.05) is 18.7 Å². The number of carbonyl (C=O) groups excluding carboxylic acids is 2. The highest BCUT2D eigenvalue weighted by Crippen LogP contribution is 2.17. The van der Waals surface area contributed by atoms with E-state index in [1.165, 1.54) is 0 Å². The highest BCUT2D eigenvalue weighted by Gasteiger charge is 2.18. The number of ether oxygens (including phenoxy) is 2. The molecule has 0 bridgehead atoms. The predicted molar refractivity (Wildman–Crippen MR) is 133 cm³/mol. The Labute approximate surface area is 200 Å². The van der Waals surface area contributed by atoms with Crippen LogP contribution in [0.15, 0.2) is 48.5 Å². The summed E-state index contributed by atoms with van der Waals surface area (Å²) in [5, 5.41) is 8.62. The van der Waals surface area contributed by atoms with Gasteiger partial charge in [-0.25, -0.2) is 0 Å². The molecule has 2 aromatic rings. The summed E-state index contributed by atoms with van der Waals surface area (Å²) in [6, 6.07) is 13.9. The summed E-state index contributed by atoms with van der Waals surface area (Å²) in [6.45, 7) is 6.12. The lowest BCUT2D eigenvalue weighted by atomic mass is 10.1. The quantitative estimate of drug-likeness (QED) is 0.478. The minimum Gasteiger partial charge on any atom is -0.494 e. The molecule has 1 saturated heterocycles.